The zero-order valence-corrected chi connectivity index (χ0v) is 19.5. The third kappa shape index (κ3) is 4.38. The fraction of sp³-hybridized carbons (Fsp3) is 0.185. The Hall–Kier alpha value is -4.46. The molecule has 3 aromatic heterocycles. The number of allylic oxidation sites excluding steroid dienone is 2. The topological polar surface area (TPSA) is 91.0 Å². The van der Waals surface area contributed by atoms with E-state index in [-0.39, 0.29) is 23.8 Å². The molecule has 1 unspecified atom stereocenters. The number of hydrogen-bond acceptors (Lipinski definition) is 5. The number of para-hydroxylation sites is 1. The highest BCUT2D eigenvalue weighted by molar-refractivity contribution is 5.93. The molecule has 1 N–H and O–H groups in total. The Kier molecular flexibility index (Phi) is 6.01. The lowest BCUT2D eigenvalue weighted by Gasteiger charge is -2.21. The molecule has 8 heteroatoms. The van der Waals surface area contributed by atoms with Crippen LogP contribution >= 0.6 is 0 Å². The molecule has 0 saturated heterocycles. The average Bonchev–Trinajstić information content (AvgIpc) is 3.20. The van der Waals surface area contributed by atoms with Crippen molar-refractivity contribution in [1.29, 1.82) is 0 Å². The van der Waals surface area contributed by atoms with Crippen molar-refractivity contribution in [2.45, 2.75) is 19.9 Å². The zero-order valence-electron chi connectivity index (χ0n) is 19.5. The highest BCUT2D eigenvalue weighted by Gasteiger charge is 2.24. The molecule has 0 fully saturated rings. The minimum Gasteiger partial charge on any atom is -0.463 e. The summed E-state index contributed by atoms with van der Waals surface area (Å²) in [6.07, 6.45) is 11.2. The maximum atomic E-state index is 13.8. The van der Waals surface area contributed by atoms with Crippen LogP contribution in [0.2, 0.25) is 0 Å². The number of aryl methyl sites for hydroxylation is 1. The number of fused-ring (bicyclic) bond motifs is 1. The lowest BCUT2D eigenvalue weighted by Crippen LogP contribution is -2.29. The summed E-state index contributed by atoms with van der Waals surface area (Å²) >= 11 is 0. The predicted molar refractivity (Wildman–Crippen MR) is 134 cm³/mol. The van der Waals surface area contributed by atoms with Gasteiger partial charge < -0.3 is 10.1 Å². The van der Waals surface area contributed by atoms with E-state index in [1.807, 2.05) is 47.1 Å². The van der Waals surface area contributed by atoms with Gasteiger partial charge in [0.05, 0.1) is 29.1 Å². The smallest absolute Gasteiger partial charge is 0.254 e. The van der Waals surface area contributed by atoms with E-state index >= 15 is 0 Å². The van der Waals surface area contributed by atoms with E-state index in [1.54, 1.807) is 42.5 Å². The number of carbonyl (C=O) groups is 1. The molecule has 35 heavy (non-hydrogen) atoms. The predicted octanol–water partition coefficient (Wildman–Crippen LogP) is 3.96. The molecule has 8 nitrogen and oxygen atoms in total. The lowest BCUT2D eigenvalue weighted by atomic mass is 10.0. The van der Waals surface area contributed by atoms with Gasteiger partial charge in [-0.3, -0.25) is 18.8 Å². The van der Waals surface area contributed by atoms with Crippen LogP contribution in [0.3, 0.4) is 0 Å². The molecule has 1 amide bonds. The molecule has 0 aliphatic carbocycles. The quantitative estimate of drug-likeness (QED) is 0.480. The van der Waals surface area contributed by atoms with Gasteiger partial charge >= 0.3 is 0 Å². The number of pyridine rings is 2. The van der Waals surface area contributed by atoms with E-state index < -0.39 is 0 Å². The first-order valence-corrected chi connectivity index (χ1v) is 11.4. The van der Waals surface area contributed by atoms with Crippen LogP contribution < -0.4 is 10.7 Å². The van der Waals surface area contributed by atoms with E-state index in [1.165, 1.54) is 6.20 Å². The number of ether oxygens (including phenoxy) is 1. The SMILES string of the molecule is CC1C=COC(c2c(CNC(=O)c3cnn(C)c3)c(=O)c3cccnc3n2-c2ccccc2)=CC1. The van der Waals surface area contributed by atoms with Crippen LogP contribution in [0, 0.1) is 5.92 Å². The summed E-state index contributed by atoms with van der Waals surface area (Å²) in [5, 5.41) is 7.41. The molecular weight excluding hydrogens is 442 g/mol. The van der Waals surface area contributed by atoms with Crippen molar-refractivity contribution in [3.63, 3.8) is 0 Å². The minimum atomic E-state index is -0.315. The summed E-state index contributed by atoms with van der Waals surface area (Å²) in [7, 11) is 1.74. The maximum absolute atomic E-state index is 13.8. The van der Waals surface area contributed by atoms with Crippen molar-refractivity contribution in [2.75, 3.05) is 0 Å². The van der Waals surface area contributed by atoms with Gasteiger partial charge in [0.15, 0.2) is 5.43 Å². The number of amides is 1. The summed E-state index contributed by atoms with van der Waals surface area (Å²) in [5.74, 6) is 0.520. The number of rotatable bonds is 5. The Bertz CT molecular complexity index is 1520. The van der Waals surface area contributed by atoms with Gasteiger partial charge in [-0.15, -0.1) is 0 Å². The second kappa shape index (κ2) is 9.42. The van der Waals surface area contributed by atoms with Gasteiger partial charge in [-0.05, 0) is 48.8 Å². The summed E-state index contributed by atoms with van der Waals surface area (Å²) in [6.45, 7) is 2.11. The number of hydrogen-bond donors (Lipinski definition) is 1. The third-order valence-electron chi connectivity index (χ3n) is 5.94. The van der Waals surface area contributed by atoms with Gasteiger partial charge in [-0.25, -0.2) is 4.98 Å². The highest BCUT2D eigenvalue weighted by atomic mass is 16.5. The number of carbonyl (C=O) groups excluding carboxylic acids is 1. The third-order valence-corrected chi connectivity index (χ3v) is 5.94. The lowest BCUT2D eigenvalue weighted by molar-refractivity contribution is 0.0950. The van der Waals surface area contributed by atoms with Crippen LogP contribution in [0.15, 0.2) is 84.3 Å². The van der Waals surface area contributed by atoms with Crippen LogP contribution in [0.25, 0.3) is 22.5 Å². The second-order valence-electron chi connectivity index (χ2n) is 8.51. The Morgan fingerprint density at radius 3 is 2.80 bits per heavy atom. The molecule has 1 aliphatic rings. The highest BCUT2D eigenvalue weighted by Crippen LogP contribution is 2.29. The van der Waals surface area contributed by atoms with E-state index in [2.05, 4.69) is 22.3 Å². The van der Waals surface area contributed by atoms with Crippen molar-refractivity contribution < 1.29 is 9.53 Å². The maximum Gasteiger partial charge on any atom is 0.254 e. The minimum absolute atomic E-state index is 0.0134. The fourth-order valence-electron chi connectivity index (χ4n) is 4.14. The fourth-order valence-corrected chi connectivity index (χ4v) is 4.14. The molecule has 1 atom stereocenters. The molecule has 0 radical (unpaired) electrons. The molecule has 1 aromatic carbocycles. The Morgan fingerprint density at radius 2 is 2.03 bits per heavy atom. The van der Waals surface area contributed by atoms with E-state index in [9.17, 15) is 9.59 Å². The Morgan fingerprint density at radius 1 is 1.20 bits per heavy atom. The summed E-state index contributed by atoms with van der Waals surface area (Å²) in [6, 6.07) is 13.2. The standard InChI is InChI=1S/C27H25N5O3/c1-18-10-11-23(35-14-12-18)24-22(16-29-27(34)19-15-30-31(2)17-19)25(33)21-9-6-13-28-26(21)32(24)20-7-4-3-5-8-20/h3-9,11-15,17-18H,10,16H2,1-2H3,(H,29,34). The Labute approximate surface area is 202 Å². The molecule has 0 bridgehead atoms. The molecule has 0 saturated carbocycles. The van der Waals surface area contributed by atoms with Gasteiger partial charge in [0.1, 0.15) is 11.4 Å². The molecule has 5 rings (SSSR count). The van der Waals surface area contributed by atoms with Crippen LogP contribution in [-0.4, -0.2) is 25.2 Å². The largest absolute Gasteiger partial charge is 0.463 e. The first-order chi connectivity index (χ1) is 17.0. The van der Waals surface area contributed by atoms with Gasteiger partial charge in [-0.1, -0.05) is 25.1 Å². The Balaban J connectivity index is 1.73. The van der Waals surface area contributed by atoms with Crippen LogP contribution in [-0.2, 0) is 18.3 Å². The van der Waals surface area contributed by atoms with Crippen molar-refractivity contribution in [3.8, 4) is 5.69 Å². The van der Waals surface area contributed by atoms with Crippen molar-refractivity contribution in [3.05, 3.63) is 107 Å². The van der Waals surface area contributed by atoms with Gasteiger partial charge in [0.2, 0.25) is 0 Å². The van der Waals surface area contributed by atoms with Gasteiger partial charge in [-0.2, -0.15) is 5.10 Å². The van der Waals surface area contributed by atoms with Crippen LogP contribution in [0.5, 0.6) is 0 Å². The summed E-state index contributed by atoms with van der Waals surface area (Å²) in [4.78, 5) is 31.1. The number of nitrogens with zero attached hydrogens (tertiary/aromatic N) is 4. The van der Waals surface area contributed by atoms with Gasteiger partial charge in [0, 0.05) is 37.2 Å². The second-order valence-corrected chi connectivity index (χ2v) is 8.51. The van der Waals surface area contributed by atoms with Crippen LogP contribution in [0.1, 0.15) is 35.0 Å². The van der Waals surface area contributed by atoms with E-state index in [4.69, 9.17) is 4.74 Å². The summed E-state index contributed by atoms with van der Waals surface area (Å²) < 4.78 is 9.51. The molecule has 1 aliphatic heterocycles. The number of benzene rings is 1. The summed E-state index contributed by atoms with van der Waals surface area (Å²) in [5.41, 5.74) is 2.55. The average molecular weight is 468 g/mol. The van der Waals surface area contributed by atoms with Crippen molar-refractivity contribution in [2.24, 2.45) is 13.0 Å². The zero-order chi connectivity index (χ0) is 24.4. The van der Waals surface area contributed by atoms with Crippen LogP contribution in [0.4, 0.5) is 0 Å². The number of aromatic nitrogens is 4. The molecule has 4 heterocycles. The van der Waals surface area contributed by atoms with Crippen molar-refractivity contribution in [1.82, 2.24) is 24.6 Å². The number of nitrogens with one attached hydrogen (secondary N) is 1. The van der Waals surface area contributed by atoms with E-state index in [0.717, 1.165) is 12.1 Å². The molecule has 4 aromatic rings. The first kappa shape index (κ1) is 22.3. The molecular formula is C27H25N5O3. The molecule has 0 spiro atoms. The monoisotopic (exact) mass is 467 g/mol. The first-order valence-electron chi connectivity index (χ1n) is 11.4. The van der Waals surface area contributed by atoms with Crippen molar-refractivity contribution >= 4 is 22.7 Å². The molecule has 176 valence electrons. The van der Waals surface area contributed by atoms with E-state index in [0.29, 0.717) is 33.6 Å². The normalized spacial score (nSPS) is 15.4. The van der Waals surface area contributed by atoms with Gasteiger partial charge in [0.25, 0.3) is 5.91 Å².